The van der Waals surface area contributed by atoms with Crippen LogP contribution >= 0.6 is 23.4 Å². The van der Waals surface area contributed by atoms with Gasteiger partial charge in [0.25, 0.3) is 0 Å². The van der Waals surface area contributed by atoms with Crippen molar-refractivity contribution in [3.8, 4) is 11.4 Å². The summed E-state index contributed by atoms with van der Waals surface area (Å²) in [5, 5.41) is 4.62. The molecule has 0 radical (unpaired) electrons. The van der Waals surface area contributed by atoms with E-state index in [1.807, 2.05) is 18.2 Å². The number of carbonyl (C=O) groups is 1. The molecule has 0 aliphatic rings. The van der Waals surface area contributed by atoms with E-state index in [-0.39, 0.29) is 12.5 Å². The first-order valence-electron chi connectivity index (χ1n) is 8.47. The number of nitrogens with zero attached hydrogens (tertiary/aromatic N) is 3. The van der Waals surface area contributed by atoms with Gasteiger partial charge in [0, 0.05) is 23.4 Å². The van der Waals surface area contributed by atoms with Crippen LogP contribution in [0.2, 0.25) is 5.02 Å². The van der Waals surface area contributed by atoms with Crippen LogP contribution in [0.4, 0.5) is 0 Å². The number of rotatable bonds is 7. The SMILES string of the molecule is Cc1cccc(CSCC(=O)N(C)Cc2nc(-c3ccc(Cl)cc3)no2)c1. The van der Waals surface area contributed by atoms with Gasteiger partial charge in [0.1, 0.15) is 0 Å². The van der Waals surface area contributed by atoms with Gasteiger partial charge in [-0.2, -0.15) is 4.98 Å². The third-order valence-electron chi connectivity index (χ3n) is 3.95. The molecule has 0 aliphatic heterocycles. The Balaban J connectivity index is 1.50. The van der Waals surface area contributed by atoms with E-state index in [2.05, 4.69) is 35.3 Å². The zero-order chi connectivity index (χ0) is 19.2. The fourth-order valence-corrected chi connectivity index (χ4v) is 3.53. The molecule has 0 atom stereocenters. The van der Waals surface area contributed by atoms with Crippen molar-refractivity contribution in [2.45, 2.75) is 19.2 Å². The van der Waals surface area contributed by atoms with Crippen molar-refractivity contribution in [1.82, 2.24) is 15.0 Å². The monoisotopic (exact) mass is 401 g/mol. The molecule has 1 aromatic heterocycles. The van der Waals surface area contributed by atoms with Crippen LogP contribution < -0.4 is 0 Å². The van der Waals surface area contributed by atoms with Crippen LogP contribution in [0.15, 0.2) is 53.1 Å². The number of benzene rings is 2. The molecule has 0 saturated heterocycles. The standard InChI is InChI=1S/C20H20ClN3O2S/c1-14-4-3-5-15(10-14)12-27-13-19(25)24(2)11-18-22-20(23-26-18)16-6-8-17(21)9-7-16/h3-10H,11-13H2,1-2H3. The predicted molar refractivity (Wildman–Crippen MR) is 109 cm³/mol. The van der Waals surface area contributed by atoms with Crippen LogP contribution in [0.5, 0.6) is 0 Å². The van der Waals surface area contributed by atoms with Crippen LogP contribution in [-0.2, 0) is 17.1 Å². The minimum Gasteiger partial charge on any atom is -0.337 e. The van der Waals surface area contributed by atoms with Gasteiger partial charge in [0.15, 0.2) is 0 Å². The van der Waals surface area contributed by atoms with Gasteiger partial charge in [-0.3, -0.25) is 4.79 Å². The molecule has 0 unspecified atom stereocenters. The van der Waals surface area contributed by atoms with Crippen LogP contribution in [0.25, 0.3) is 11.4 Å². The Morgan fingerprint density at radius 1 is 1.22 bits per heavy atom. The number of hydrogen-bond donors (Lipinski definition) is 0. The van der Waals surface area contributed by atoms with E-state index in [9.17, 15) is 4.79 Å². The molecule has 0 fully saturated rings. The van der Waals surface area contributed by atoms with Gasteiger partial charge in [-0.05, 0) is 36.8 Å². The summed E-state index contributed by atoms with van der Waals surface area (Å²) in [5.41, 5.74) is 3.27. The van der Waals surface area contributed by atoms with Crippen molar-refractivity contribution in [2.24, 2.45) is 0 Å². The molecular formula is C20H20ClN3O2S. The van der Waals surface area contributed by atoms with Gasteiger partial charge >= 0.3 is 0 Å². The fourth-order valence-electron chi connectivity index (χ4n) is 2.49. The van der Waals surface area contributed by atoms with Crippen molar-refractivity contribution in [1.29, 1.82) is 0 Å². The lowest BCUT2D eigenvalue weighted by molar-refractivity contribution is -0.127. The Labute approximate surface area is 167 Å². The number of carbonyl (C=O) groups excluding carboxylic acids is 1. The molecule has 0 N–H and O–H groups in total. The lowest BCUT2D eigenvalue weighted by atomic mass is 10.2. The smallest absolute Gasteiger partial charge is 0.246 e. The van der Waals surface area contributed by atoms with Gasteiger partial charge < -0.3 is 9.42 Å². The molecule has 1 amide bonds. The molecule has 7 heteroatoms. The second kappa shape index (κ2) is 9.06. The molecule has 0 bridgehead atoms. The van der Waals surface area contributed by atoms with Gasteiger partial charge in [0.05, 0.1) is 12.3 Å². The lowest BCUT2D eigenvalue weighted by Gasteiger charge is -2.14. The summed E-state index contributed by atoms with van der Waals surface area (Å²) in [4.78, 5) is 18.3. The molecule has 1 heterocycles. The summed E-state index contributed by atoms with van der Waals surface area (Å²) in [6.07, 6.45) is 0. The summed E-state index contributed by atoms with van der Waals surface area (Å²) < 4.78 is 5.26. The summed E-state index contributed by atoms with van der Waals surface area (Å²) in [6, 6.07) is 15.5. The first-order valence-corrected chi connectivity index (χ1v) is 10.0. The van der Waals surface area contributed by atoms with E-state index in [1.54, 1.807) is 35.8 Å². The zero-order valence-corrected chi connectivity index (χ0v) is 16.8. The summed E-state index contributed by atoms with van der Waals surface area (Å²) >= 11 is 7.48. The molecule has 0 aliphatic carbocycles. The van der Waals surface area contributed by atoms with Gasteiger partial charge in [-0.1, -0.05) is 46.6 Å². The van der Waals surface area contributed by atoms with Crippen LogP contribution in [0.3, 0.4) is 0 Å². The highest BCUT2D eigenvalue weighted by molar-refractivity contribution is 7.99. The molecule has 2 aromatic carbocycles. The molecule has 0 spiro atoms. The molecule has 0 saturated carbocycles. The fraction of sp³-hybridized carbons (Fsp3) is 0.250. The Morgan fingerprint density at radius 2 is 2.00 bits per heavy atom. The predicted octanol–water partition coefficient (Wildman–Crippen LogP) is 4.59. The van der Waals surface area contributed by atoms with Crippen molar-refractivity contribution < 1.29 is 9.32 Å². The molecule has 140 valence electrons. The molecular weight excluding hydrogens is 382 g/mol. The van der Waals surface area contributed by atoms with Crippen LogP contribution in [0.1, 0.15) is 17.0 Å². The summed E-state index contributed by atoms with van der Waals surface area (Å²) in [5.74, 6) is 2.13. The maximum atomic E-state index is 12.3. The largest absolute Gasteiger partial charge is 0.337 e. The second-order valence-electron chi connectivity index (χ2n) is 6.25. The van der Waals surface area contributed by atoms with Crippen LogP contribution in [0, 0.1) is 6.92 Å². The van der Waals surface area contributed by atoms with E-state index in [0.29, 0.717) is 22.5 Å². The Hall–Kier alpha value is -2.31. The van der Waals surface area contributed by atoms with Gasteiger partial charge in [-0.25, -0.2) is 0 Å². The van der Waals surface area contributed by atoms with Crippen LogP contribution in [-0.4, -0.2) is 33.7 Å². The molecule has 3 rings (SSSR count). The zero-order valence-electron chi connectivity index (χ0n) is 15.2. The van der Waals surface area contributed by atoms with E-state index < -0.39 is 0 Å². The van der Waals surface area contributed by atoms with Gasteiger partial charge in [-0.15, -0.1) is 11.8 Å². The highest BCUT2D eigenvalue weighted by Crippen LogP contribution is 2.19. The summed E-state index contributed by atoms with van der Waals surface area (Å²) in [6.45, 7) is 2.35. The highest BCUT2D eigenvalue weighted by atomic mass is 35.5. The Bertz CT molecular complexity index is 912. The number of thioether (sulfide) groups is 1. The second-order valence-corrected chi connectivity index (χ2v) is 7.67. The topological polar surface area (TPSA) is 59.2 Å². The maximum Gasteiger partial charge on any atom is 0.246 e. The van der Waals surface area contributed by atoms with Crippen molar-refractivity contribution in [3.63, 3.8) is 0 Å². The number of amides is 1. The third kappa shape index (κ3) is 5.58. The quantitative estimate of drug-likeness (QED) is 0.579. The number of hydrogen-bond acceptors (Lipinski definition) is 5. The number of aromatic nitrogens is 2. The number of aryl methyl sites for hydroxylation is 1. The van der Waals surface area contributed by atoms with Crippen molar-refractivity contribution in [2.75, 3.05) is 12.8 Å². The minimum atomic E-state index is 0.0268. The average molecular weight is 402 g/mol. The number of halogens is 1. The first-order chi connectivity index (χ1) is 13.0. The normalized spacial score (nSPS) is 10.8. The third-order valence-corrected chi connectivity index (χ3v) is 5.19. The van der Waals surface area contributed by atoms with E-state index in [4.69, 9.17) is 16.1 Å². The van der Waals surface area contributed by atoms with Gasteiger partial charge in [0.2, 0.25) is 17.6 Å². The van der Waals surface area contributed by atoms with Crippen molar-refractivity contribution in [3.05, 3.63) is 70.6 Å². The highest BCUT2D eigenvalue weighted by Gasteiger charge is 2.15. The molecule has 3 aromatic rings. The van der Waals surface area contributed by atoms with Crippen molar-refractivity contribution >= 4 is 29.3 Å². The molecule has 27 heavy (non-hydrogen) atoms. The summed E-state index contributed by atoms with van der Waals surface area (Å²) in [7, 11) is 1.74. The first kappa shape index (κ1) is 19.5. The Morgan fingerprint density at radius 3 is 2.74 bits per heavy atom. The average Bonchev–Trinajstić information content (AvgIpc) is 3.10. The van der Waals surface area contributed by atoms with E-state index in [0.717, 1.165) is 11.3 Å². The molecule has 5 nitrogen and oxygen atoms in total. The minimum absolute atomic E-state index is 0.0268. The maximum absolute atomic E-state index is 12.3. The van der Waals surface area contributed by atoms with E-state index >= 15 is 0 Å². The lowest BCUT2D eigenvalue weighted by Crippen LogP contribution is -2.28. The van der Waals surface area contributed by atoms with E-state index in [1.165, 1.54) is 11.1 Å². The Kier molecular flexibility index (Phi) is 6.53.